The fourth-order valence-corrected chi connectivity index (χ4v) is 1.35. The summed E-state index contributed by atoms with van der Waals surface area (Å²) in [4.78, 5) is 21.0. The molecule has 0 spiro atoms. The molecule has 0 saturated carbocycles. The van der Waals surface area contributed by atoms with Crippen molar-refractivity contribution >= 4 is 45.4 Å². The minimum Gasteiger partial charge on any atom is -0.274 e. The number of rotatable bonds is 2. The van der Waals surface area contributed by atoms with Gasteiger partial charge in [0.25, 0.3) is 10.5 Å². The second kappa shape index (κ2) is 3.25. The Kier molecular flexibility index (Phi) is 2.53. The lowest BCUT2D eigenvalue weighted by atomic mass is 10.4. The molecule has 0 atom stereocenters. The van der Waals surface area contributed by atoms with E-state index in [1.54, 1.807) is 0 Å². The maximum Gasteiger partial charge on any atom is 0.274 e. The molecule has 1 rings (SSSR count). The zero-order valence-electron chi connectivity index (χ0n) is 4.88. The molecule has 1 aromatic rings. The summed E-state index contributed by atoms with van der Waals surface area (Å²) < 4.78 is 6.96. The summed E-state index contributed by atoms with van der Waals surface area (Å²) in [5.74, 6) is 0. The monoisotopic (exact) mass is 210 g/mol. The smallest absolute Gasteiger partial charge is 0.274 e. The Morgan fingerprint density at radius 3 is 1.73 bits per heavy atom. The molecule has 7 heteroatoms. The van der Waals surface area contributed by atoms with E-state index in [4.69, 9.17) is 23.2 Å². The van der Waals surface area contributed by atoms with Gasteiger partial charge in [0.15, 0.2) is 11.4 Å². The van der Waals surface area contributed by atoms with Crippen molar-refractivity contribution in [2.45, 2.75) is 0 Å². The summed E-state index contributed by atoms with van der Waals surface area (Å²) in [6, 6.07) is 0. The third-order valence-corrected chi connectivity index (χ3v) is 1.75. The lowest BCUT2D eigenvalue weighted by Crippen LogP contribution is -1.99. The van der Waals surface area contributed by atoms with Gasteiger partial charge in [-0.2, -0.15) is 8.75 Å². The van der Waals surface area contributed by atoms with Gasteiger partial charge in [0.2, 0.25) is 0 Å². The molecule has 0 bridgehead atoms. The van der Waals surface area contributed by atoms with Gasteiger partial charge in [0, 0.05) is 0 Å². The van der Waals surface area contributed by atoms with Crippen molar-refractivity contribution in [3.8, 4) is 0 Å². The van der Waals surface area contributed by atoms with Crippen LogP contribution in [0.5, 0.6) is 0 Å². The van der Waals surface area contributed by atoms with Crippen molar-refractivity contribution in [2.75, 3.05) is 0 Å². The van der Waals surface area contributed by atoms with Crippen LogP contribution in [0.2, 0.25) is 0 Å². The van der Waals surface area contributed by atoms with Gasteiger partial charge >= 0.3 is 0 Å². The van der Waals surface area contributed by atoms with E-state index in [-0.39, 0.29) is 11.4 Å². The van der Waals surface area contributed by atoms with Gasteiger partial charge in [-0.15, -0.1) is 0 Å². The van der Waals surface area contributed by atoms with Gasteiger partial charge in [-0.25, -0.2) is 0 Å². The van der Waals surface area contributed by atoms with Crippen LogP contribution in [0.1, 0.15) is 21.0 Å². The SMILES string of the molecule is O=C(Cl)c1nsnc1C(=O)Cl. The minimum absolute atomic E-state index is 0.184. The Balaban J connectivity index is 3.16. The number of aromatic nitrogens is 2. The molecule has 0 aromatic carbocycles. The first-order valence-electron chi connectivity index (χ1n) is 2.35. The average Bonchev–Trinajstić information content (AvgIpc) is 2.32. The highest BCUT2D eigenvalue weighted by atomic mass is 35.5. The van der Waals surface area contributed by atoms with Gasteiger partial charge in [0.1, 0.15) is 0 Å². The molecule has 0 aliphatic carbocycles. The van der Waals surface area contributed by atoms with E-state index in [1.807, 2.05) is 0 Å². The molecular formula is C4Cl2N2O2S. The molecule has 0 amide bonds. The molecule has 1 aromatic heterocycles. The van der Waals surface area contributed by atoms with Crippen molar-refractivity contribution in [3.63, 3.8) is 0 Å². The summed E-state index contributed by atoms with van der Waals surface area (Å²) in [6.45, 7) is 0. The molecule has 0 radical (unpaired) electrons. The highest BCUT2D eigenvalue weighted by Crippen LogP contribution is 2.10. The number of hydrogen-bond donors (Lipinski definition) is 0. The van der Waals surface area contributed by atoms with Gasteiger partial charge in [-0.05, 0) is 23.2 Å². The summed E-state index contributed by atoms with van der Waals surface area (Å²) in [5, 5.41) is -1.66. The van der Waals surface area contributed by atoms with E-state index in [0.717, 1.165) is 0 Å². The largest absolute Gasteiger partial charge is 0.274 e. The number of hydrogen-bond acceptors (Lipinski definition) is 5. The van der Waals surface area contributed by atoms with Crippen molar-refractivity contribution in [1.82, 2.24) is 8.75 Å². The fraction of sp³-hybridized carbons (Fsp3) is 0. The molecule has 0 fully saturated rings. The average molecular weight is 211 g/mol. The predicted molar refractivity (Wildman–Crippen MR) is 40.3 cm³/mol. The summed E-state index contributed by atoms with van der Waals surface area (Å²) >= 11 is 10.8. The number of nitrogens with zero attached hydrogens (tertiary/aromatic N) is 2. The van der Waals surface area contributed by atoms with Crippen molar-refractivity contribution in [3.05, 3.63) is 11.4 Å². The predicted octanol–water partition coefficient (Wildman–Crippen LogP) is 1.30. The van der Waals surface area contributed by atoms with Crippen molar-refractivity contribution < 1.29 is 9.59 Å². The fourth-order valence-electron chi connectivity index (χ4n) is 0.446. The highest BCUT2D eigenvalue weighted by molar-refractivity contribution is 7.00. The van der Waals surface area contributed by atoms with Crippen molar-refractivity contribution in [2.24, 2.45) is 0 Å². The zero-order chi connectivity index (χ0) is 8.43. The van der Waals surface area contributed by atoms with E-state index in [0.29, 0.717) is 11.7 Å². The molecule has 0 saturated heterocycles. The Morgan fingerprint density at radius 1 is 1.09 bits per heavy atom. The van der Waals surface area contributed by atoms with Gasteiger partial charge in [-0.3, -0.25) is 9.59 Å². The summed E-state index contributed by atoms with van der Waals surface area (Å²) in [7, 11) is 0. The standard InChI is InChI=1S/C4Cl2N2O2S/c5-3(9)1-2(4(6)10)8-11-7-1. The summed E-state index contributed by atoms with van der Waals surface area (Å²) in [6.07, 6.45) is 0. The lowest BCUT2D eigenvalue weighted by molar-refractivity contribution is 0.104. The first-order chi connectivity index (χ1) is 5.13. The molecular weight excluding hydrogens is 211 g/mol. The topological polar surface area (TPSA) is 59.9 Å². The van der Waals surface area contributed by atoms with Crippen LogP contribution in [0, 0.1) is 0 Å². The van der Waals surface area contributed by atoms with Gasteiger partial charge in [-0.1, -0.05) is 0 Å². The first-order valence-corrected chi connectivity index (χ1v) is 3.83. The first kappa shape index (κ1) is 8.58. The van der Waals surface area contributed by atoms with Crippen LogP contribution in [0.4, 0.5) is 0 Å². The summed E-state index contributed by atoms with van der Waals surface area (Å²) in [5.41, 5.74) is -0.367. The second-order valence-corrected chi connectivity index (χ2v) is 2.72. The number of carbonyl (C=O) groups is 2. The van der Waals surface area contributed by atoms with Gasteiger partial charge < -0.3 is 0 Å². The van der Waals surface area contributed by atoms with E-state index in [9.17, 15) is 9.59 Å². The van der Waals surface area contributed by atoms with Crippen LogP contribution in [-0.4, -0.2) is 19.2 Å². The molecule has 0 N–H and O–H groups in total. The van der Waals surface area contributed by atoms with E-state index in [1.165, 1.54) is 0 Å². The van der Waals surface area contributed by atoms with Gasteiger partial charge in [0.05, 0.1) is 11.7 Å². The molecule has 58 valence electrons. The highest BCUT2D eigenvalue weighted by Gasteiger charge is 2.18. The van der Waals surface area contributed by atoms with Crippen LogP contribution in [0.15, 0.2) is 0 Å². The quantitative estimate of drug-likeness (QED) is 0.691. The van der Waals surface area contributed by atoms with E-state index >= 15 is 0 Å². The third-order valence-electron chi connectivity index (χ3n) is 0.861. The van der Waals surface area contributed by atoms with E-state index in [2.05, 4.69) is 8.75 Å². The van der Waals surface area contributed by atoms with Crippen LogP contribution in [0.25, 0.3) is 0 Å². The maximum absolute atomic E-state index is 10.5. The zero-order valence-corrected chi connectivity index (χ0v) is 7.20. The Hall–Kier alpha value is -0.520. The molecule has 0 unspecified atom stereocenters. The molecule has 4 nitrogen and oxygen atoms in total. The Bertz CT molecular complexity index is 282. The maximum atomic E-state index is 10.5. The van der Waals surface area contributed by atoms with E-state index < -0.39 is 10.5 Å². The minimum atomic E-state index is -0.831. The van der Waals surface area contributed by atoms with Crippen LogP contribution >= 0.6 is 34.9 Å². The molecule has 0 aliphatic rings. The number of carbonyl (C=O) groups excluding carboxylic acids is 2. The molecule has 0 aliphatic heterocycles. The van der Waals surface area contributed by atoms with Crippen LogP contribution < -0.4 is 0 Å². The second-order valence-electron chi connectivity index (χ2n) is 1.51. The Labute approximate surface area is 75.5 Å². The van der Waals surface area contributed by atoms with Crippen LogP contribution in [0.3, 0.4) is 0 Å². The van der Waals surface area contributed by atoms with Crippen LogP contribution in [-0.2, 0) is 0 Å². The lowest BCUT2D eigenvalue weighted by Gasteiger charge is -1.84. The molecule has 11 heavy (non-hydrogen) atoms. The van der Waals surface area contributed by atoms with Crippen molar-refractivity contribution in [1.29, 1.82) is 0 Å². The Morgan fingerprint density at radius 2 is 1.45 bits per heavy atom. The number of halogens is 2. The normalized spacial score (nSPS) is 9.64. The third kappa shape index (κ3) is 1.74. The molecule has 1 heterocycles.